The van der Waals surface area contributed by atoms with Gasteiger partial charge in [0.1, 0.15) is 12.3 Å². The van der Waals surface area contributed by atoms with Crippen molar-refractivity contribution in [1.29, 1.82) is 5.26 Å². The Morgan fingerprint density at radius 3 is 2.35 bits per heavy atom. The molecule has 0 N–H and O–H groups in total. The van der Waals surface area contributed by atoms with Crippen molar-refractivity contribution < 1.29 is 4.74 Å². The molecule has 0 saturated carbocycles. The highest BCUT2D eigenvalue weighted by Gasteiger charge is 2.04. The molecule has 102 valence electrons. The van der Waals surface area contributed by atoms with Crippen LogP contribution in [0.15, 0.2) is 36.7 Å². The van der Waals surface area contributed by atoms with E-state index in [2.05, 4.69) is 16.0 Å². The summed E-state index contributed by atoms with van der Waals surface area (Å²) in [7, 11) is 1.79. The van der Waals surface area contributed by atoms with Crippen molar-refractivity contribution in [2.45, 2.75) is 6.92 Å². The molecule has 1 aromatic carbocycles. The lowest BCUT2D eigenvalue weighted by atomic mass is 10.1. The molecule has 2 aromatic rings. The first-order valence-corrected chi connectivity index (χ1v) is 6.38. The van der Waals surface area contributed by atoms with Crippen LogP contribution in [-0.4, -0.2) is 30.2 Å². The summed E-state index contributed by atoms with van der Waals surface area (Å²) in [6.45, 7) is 2.88. The number of rotatable bonds is 5. The Kier molecular flexibility index (Phi) is 4.51. The van der Waals surface area contributed by atoms with Gasteiger partial charge < -0.3 is 9.64 Å². The van der Waals surface area contributed by atoms with Gasteiger partial charge in [-0.05, 0) is 24.6 Å². The van der Waals surface area contributed by atoms with Crippen LogP contribution in [0.4, 0.5) is 5.95 Å². The summed E-state index contributed by atoms with van der Waals surface area (Å²) in [4.78, 5) is 10.2. The Bertz CT molecular complexity index is 587. The molecular weight excluding hydrogens is 252 g/mol. The summed E-state index contributed by atoms with van der Waals surface area (Å²) in [5, 5.41) is 8.64. The zero-order chi connectivity index (χ0) is 14.4. The summed E-state index contributed by atoms with van der Waals surface area (Å²) in [6.07, 6.45) is 3.51. The predicted octanol–water partition coefficient (Wildman–Crippen LogP) is 2.50. The Morgan fingerprint density at radius 2 is 1.80 bits per heavy atom. The Balaban J connectivity index is 2.15. The van der Waals surface area contributed by atoms with Crippen molar-refractivity contribution in [2.75, 3.05) is 25.1 Å². The smallest absolute Gasteiger partial charge is 0.225 e. The van der Waals surface area contributed by atoms with Crippen LogP contribution in [0, 0.1) is 11.3 Å². The first-order valence-electron chi connectivity index (χ1n) is 6.38. The average molecular weight is 268 g/mol. The third-order valence-electron chi connectivity index (χ3n) is 2.79. The number of nitriles is 1. The van der Waals surface area contributed by atoms with Crippen molar-refractivity contribution in [3.05, 3.63) is 36.7 Å². The Labute approximate surface area is 118 Å². The molecule has 2 rings (SSSR count). The molecule has 0 aliphatic rings. The zero-order valence-corrected chi connectivity index (χ0v) is 11.6. The molecule has 0 saturated heterocycles. The van der Waals surface area contributed by atoms with E-state index < -0.39 is 0 Å². The van der Waals surface area contributed by atoms with Gasteiger partial charge >= 0.3 is 0 Å². The largest absolute Gasteiger partial charge is 0.494 e. The molecule has 5 heteroatoms. The third kappa shape index (κ3) is 3.23. The van der Waals surface area contributed by atoms with Crippen LogP contribution in [-0.2, 0) is 0 Å². The minimum Gasteiger partial charge on any atom is -0.494 e. The summed E-state index contributed by atoms with van der Waals surface area (Å²) in [6, 6.07) is 9.86. The van der Waals surface area contributed by atoms with Crippen molar-refractivity contribution in [2.24, 2.45) is 0 Å². The standard InChI is InChI=1S/C15H16N4O/c1-3-20-14-6-4-12(5-7-14)13-10-17-15(18-11-13)19(2)9-8-16/h4-7,10-11H,3,9H2,1-2H3. The number of nitrogens with zero attached hydrogens (tertiary/aromatic N) is 4. The molecule has 5 nitrogen and oxygen atoms in total. The van der Waals surface area contributed by atoms with Crippen LogP contribution in [0.3, 0.4) is 0 Å². The average Bonchev–Trinajstić information content (AvgIpc) is 2.49. The molecule has 1 aromatic heterocycles. The molecule has 20 heavy (non-hydrogen) atoms. The summed E-state index contributed by atoms with van der Waals surface area (Å²) in [5.74, 6) is 1.39. The van der Waals surface area contributed by atoms with Crippen LogP contribution < -0.4 is 9.64 Å². The van der Waals surface area contributed by atoms with Crippen LogP contribution in [0.25, 0.3) is 11.1 Å². The van der Waals surface area contributed by atoms with Gasteiger partial charge in [-0.3, -0.25) is 0 Å². The number of anilines is 1. The second kappa shape index (κ2) is 6.53. The van der Waals surface area contributed by atoms with Crippen LogP contribution in [0.5, 0.6) is 5.75 Å². The number of aromatic nitrogens is 2. The second-order valence-corrected chi connectivity index (χ2v) is 4.24. The lowest BCUT2D eigenvalue weighted by Crippen LogP contribution is -2.19. The molecule has 0 aliphatic heterocycles. The molecule has 0 aliphatic carbocycles. The van der Waals surface area contributed by atoms with Gasteiger partial charge in [0, 0.05) is 25.0 Å². The molecular formula is C15H16N4O. The Hall–Kier alpha value is -2.61. The highest BCUT2D eigenvalue weighted by molar-refractivity contribution is 5.62. The maximum atomic E-state index is 8.64. The topological polar surface area (TPSA) is 62.0 Å². The van der Waals surface area contributed by atoms with Crippen LogP contribution in [0.2, 0.25) is 0 Å². The van der Waals surface area contributed by atoms with Gasteiger partial charge in [-0.25, -0.2) is 9.97 Å². The number of hydrogen-bond acceptors (Lipinski definition) is 5. The van der Waals surface area contributed by atoms with E-state index in [1.54, 1.807) is 24.3 Å². The van der Waals surface area contributed by atoms with Crippen molar-refractivity contribution in [3.8, 4) is 22.9 Å². The monoisotopic (exact) mass is 268 g/mol. The van der Waals surface area contributed by atoms with Gasteiger partial charge in [-0.1, -0.05) is 12.1 Å². The van der Waals surface area contributed by atoms with E-state index in [4.69, 9.17) is 10.00 Å². The molecule has 0 radical (unpaired) electrons. The predicted molar refractivity (Wildman–Crippen MR) is 77.5 cm³/mol. The van der Waals surface area contributed by atoms with E-state index in [0.717, 1.165) is 16.9 Å². The van der Waals surface area contributed by atoms with Crippen molar-refractivity contribution in [1.82, 2.24) is 9.97 Å². The minimum absolute atomic E-state index is 0.266. The van der Waals surface area contributed by atoms with E-state index in [9.17, 15) is 0 Å². The summed E-state index contributed by atoms with van der Waals surface area (Å²) >= 11 is 0. The lowest BCUT2D eigenvalue weighted by molar-refractivity contribution is 0.340. The van der Waals surface area contributed by atoms with Gasteiger partial charge in [0.05, 0.1) is 12.7 Å². The number of benzene rings is 1. The van der Waals surface area contributed by atoms with E-state index in [-0.39, 0.29) is 6.54 Å². The summed E-state index contributed by atoms with van der Waals surface area (Å²) < 4.78 is 5.41. The maximum Gasteiger partial charge on any atom is 0.225 e. The Morgan fingerprint density at radius 1 is 1.15 bits per heavy atom. The van der Waals surface area contributed by atoms with E-state index >= 15 is 0 Å². The van der Waals surface area contributed by atoms with E-state index in [1.807, 2.05) is 31.2 Å². The summed E-state index contributed by atoms with van der Waals surface area (Å²) in [5.41, 5.74) is 1.96. The first kappa shape index (κ1) is 13.8. The first-order chi connectivity index (χ1) is 9.74. The van der Waals surface area contributed by atoms with Gasteiger partial charge in [0.25, 0.3) is 0 Å². The fraction of sp³-hybridized carbons (Fsp3) is 0.267. The number of hydrogen-bond donors (Lipinski definition) is 0. The van der Waals surface area contributed by atoms with Gasteiger partial charge in [0.2, 0.25) is 5.95 Å². The molecule has 0 amide bonds. The fourth-order valence-corrected chi connectivity index (χ4v) is 1.75. The third-order valence-corrected chi connectivity index (χ3v) is 2.79. The highest BCUT2D eigenvalue weighted by atomic mass is 16.5. The maximum absolute atomic E-state index is 8.64. The zero-order valence-electron chi connectivity index (χ0n) is 11.6. The molecule has 1 heterocycles. The molecule has 0 unspecified atom stereocenters. The normalized spacial score (nSPS) is 9.85. The van der Waals surface area contributed by atoms with E-state index in [1.165, 1.54) is 0 Å². The van der Waals surface area contributed by atoms with Crippen molar-refractivity contribution in [3.63, 3.8) is 0 Å². The quantitative estimate of drug-likeness (QED) is 0.780. The van der Waals surface area contributed by atoms with Crippen LogP contribution >= 0.6 is 0 Å². The van der Waals surface area contributed by atoms with Crippen molar-refractivity contribution >= 4 is 5.95 Å². The second-order valence-electron chi connectivity index (χ2n) is 4.24. The van der Waals surface area contributed by atoms with Gasteiger partial charge in [0.15, 0.2) is 0 Å². The molecule has 0 fully saturated rings. The lowest BCUT2D eigenvalue weighted by Gasteiger charge is -2.12. The molecule has 0 atom stereocenters. The van der Waals surface area contributed by atoms with E-state index in [0.29, 0.717) is 12.6 Å². The highest BCUT2D eigenvalue weighted by Crippen LogP contribution is 2.22. The number of ether oxygens (including phenoxy) is 1. The molecule has 0 bridgehead atoms. The molecule has 0 spiro atoms. The minimum atomic E-state index is 0.266. The van der Waals surface area contributed by atoms with Gasteiger partial charge in [-0.15, -0.1) is 0 Å². The van der Waals surface area contributed by atoms with Gasteiger partial charge in [-0.2, -0.15) is 5.26 Å². The van der Waals surface area contributed by atoms with Crippen LogP contribution in [0.1, 0.15) is 6.92 Å². The SMILES string of the molecule is CCOc1ccc(-c2cnc(N(C)CC#N)nc2)cc1. The fourth-order valence-electron chi connectivity index (χ4n) is 1.75.